The van der Waals surface area contributed by atoms with Crippen molar-refractivity contribution in [2.75, 3.05) is 0 Å². The number of aryl methyl sites for hydroxylation is 1. The molecule has 0 radical (unpaired) electrons. The number of rotatable bonds is 7. The number of unbranched alkanes of at least 4 members (excludes halogenated alkanes) is 5. The predicted molar refractivity (Wildman–Crippen MR) is 73.6 cm³/mol. The highest BCUT2D eigenvalue weighted by Crippen LogP contribution is 2.08. The van der Waals surface area contributed by atoms with Gasteiger partial charge >= 0.3 is 10.3 Å². The molecule has 0 unspecified atom stereocenters. The molecule has 0 aliphatic heterocycles. The van der Waals surface area contributed by atoms with E-state index in [1.807, 2.05) is 6.20 Å². The van der Waals surface area contributed by atoms with Crippen LogP contribution in [0, 0.1) is 0 Å². The van der Waals surface area contributed by atoms with Crippen molar-refractivity contribution in [2.45, 2.75) is 51.9 Å². The van der Waals surface area contributed by atoms with E-state index >= 15 is 0 Å². The van der Waals surface area contributed by atoms with Crippen molar-refractivity contribution < 1.29 is 13.0 Å². The summed E-state index contributed by atoms with van der Waals surface area (Å²) < 4.78 is 25.2. The van der Waals surface area contributed by atoms with Gasteiger partial charge in [-0.1, -0.05) is 39.0 Å². The van der Waals surface area contributed by atoms with E-state index in [1.165, 1.54) is 50.6 Å². The Morgan fingerprint density at radius 1 is 1.22 bits per heavy atom. The first-order chi connectivity index (χ1) is 8.43. The molecule has 0 fully saturated rings. The first-order valence-corrected chi connectivity index (χ1v) is 7.81. The van der Waals surface area contributed by atoms with E-state index in [-0.39, 0.29) is 0 Å². The molecule has 0 aromatic carbocycles. The number of nitrogens with two attached hydrogens (primary N) is 1. The summed E-state index contributed by atoms with van der Waals surface area (Å²) in [6.07, 6.45) is 11.5. The Morgan fingerprint density at radius 2 is 1.78 bits per heavy atom. The van der Waals surface area contributed by atoms with E-state index < -0.39 is 10.3 Å². The molecule has 0 spiro atoms. The van der Waals surface area contributed by atoms with Gasteiger partial charge in [0, 0.05) is 11.9 Å². The smallest absolute Gasteiger partial charge is 0.330 e. The number of hydrogen-bond acceptors (Lipinski definition) is 2. The van der Waals surface area contributed by atoms with Crippen molar-refractivity contribution in [3.63, 3.8) is 0 Å². The number of aromatic amines is 1. The van der Waals surface area contributed by atoms with Crippen LogP contribution in [0.1, 0.15) is 51.1 Å². The topological polar surface area (TPSA) is 96.2 Å². The zero-order chi connectivity index (χ0) is 13.9. The van der Waals surface area contributed by atoms with Crippen molar-refractivity contribution in [1.82, 2.24) is 4.98 Å². The monoisotopic (exact) mass is 276 g/mol. The first kappa shape index (κ1) is 17.2. The first-order valence-electron chi connectivity index (χ1n) is 6.31. The van der Waals surface area contributed by atoms with Gasteiger partial charge in [0.1, 0.15) is 0 Å². The lowest BCUT2D eigenvalue weighted by molar-refractivity contribution is 0.485. The fraction of sp³-hybridized carbons (Fsp3) is 0.667. The number of hydrogen-bond donors (Lipinski definition) is 3. The van der Waals surface area contributed by atoms with Crippen molar-refractivity contribution in [2.24, 2.45) is 5.14 Å². The average molecular weight is 276 g/mol. The van der Waals surface area contributed by atoms with Gasteiger partial charge in [-0.3, -0.25) is 4.55 Å². The van der Waals surface area contributed by atoms with E-state index in [4.69, 9.17) is 13.0 Å². The Bertz CT molecular complexity index is 366. The molecule has 1 heterocycles. The second kappa shape index (κ2) is 10.1. The average Bonchev–Trinajstić information content (AvgIpc) is 2.73. The maximum Gasteiger partial charge on any atom is 0.330 e. The van der Waals surface area contributed by atoms with Crippen LogP contribution in [0.15, 0.2) is 18.3 Å². The molecule has 6 heteroatoms. The summed E-state index contributed by atoms with van der Waals surface area (Å²) in [5.74, 6) is 0. The van der Waals surface area contributed by atoms with Gasteiger partial charge in [0.15, 0.2) is 0 Å². The predicted octanol–water partition coefficient (Wildman–Crippen LogP) is 2.67. The Morgan fingerprint density at radius 3 is 2.28 bits per heavy atom. The van der Waals surface area contributed by atoms with Gasteiger partial charge in [0.25, 0.3) is 0 Å². The van der Waals surface area contributed by atoms with Gasteiger partial charge in [-0.2, -0.15) is 8.42 Å². The van der Waals surface area contributed by atoms with Crippen molar-refractivity contribution in [3.8, 4) is 0 Å². The molecule has 0 amide bonds. The maximum absolute atomic E-state index is 8.97. The van der Waals surface area contributed by atoms with E-state index in [9.17, 15) is 0 Å². The van der Waals surface area contributed by atoms with Gasteiger partial charge in [-0.05, 0) is 25.0 Å². The molecule has 1 rings (SSSR count). The van der Waals surface area contributed by atoms with Crippen LogP contribution >= 0.6 is 0 Å². The number of H-pyrrole nitrogens is 1. The normalized spacial score (nSPS) is 10.8. The molecular formula is C12H24N2O3S. The fourth-order valence-electron chi connectivity index (χ4n) is 1.62. The summed E-state index contributed by atoms with van der Waals surface area (Å²) in [7, 11) is -4.17. The summed E-state index contributed by atoms with van der Waals surface area (Å²) in [6, 6.07) is 4.25. The van der Waals surface area contributed by atoms with Crippen molar-refractivity contribution >= 4 is 10.3 Å². The molecule has 106 valence electrons. The van der Waals surface area contributed by atoms with Crippen LogP contribution in [0.4, 0.5) is 0 Å². The lowest BCUT2D eigenvalue weighted by Crippen LogP contribution is -2.08. The second-order valence-corrected chi connectivity index (χ2v) is 5.26. The molecular weight excluding hydrogens is 252 g/mol. The fourth-order valence-corrected chi connectivity index (χ4v) is 1.62. The highest BCUT2D eigenvalue weighted by atomic mass is 32.2. The summed E-state index contributed by atoms with van der Waals surface area (Å²) >= 11 is 0. The van der Waals surface area contributed by atoms with Gasteiger partial charge in [0.2, 0.25) is 0 Å². The number of nitrogens with one attached hydrogen (secondary N) is 1. The lowest BCUT2D eigenvalue weighted by Gasteiger charge is -1.99. The molecule has 0 bridgehead atoms. The highest BCUT2D eigenvalue weighted by molar-refractivity contribution is 7.83. The minimum absolute atomic E-state index is 1.22. The van der Waals surface area contributed by atoms with Crippen molar-refractivity contribution in [3.05, 3.63) is 24.0 Å². The molecule has 1 aromatic heterocycles. The van der Waals surface area contributed by atoms with E-state index in [2.05, 4.69) is 29.2 Å². The molecule has 0 saturated carbocycles. The molecule has 5 nitrogen and oxygen atoms in total. The molecule has 0 saturated heterocycles. The summed E-state index contributed by atoms with van der Waals surface area (Å²) in [6.45, 7) is 2.26. The van der Waals surface area contributed by atoms with Crippen LogP contribution in [-0.2, 0) is 16.7 Å². The molecule has 0 aliphatic carbocycles. The summed E-state index contributed by atoms with van der Waals surface area (Å²) in [5, 5.41) is 3.88. The van der Waals surface area contributed by atoms with Crippen LogP contribution in [0.2, 0.25) is 0 Å². The SMILES string of the molecule is CCCCCCCCc1ccc[nH]1.NS(=O)(=O)O. The standard InChI is InChI=1S/C12H21N.H3NO3S/c1-2-3-4-5-6-7-9-12-10-8-11-13-12;1-5(2,3)4/h8,10-11,13H,2-7,9H2,1H3;(H3,1,2,3,4). The lowest BCUT2D eigenvalue weighted by atomic mass is 10.1. The molecule has 4 N–H and O–H groups in total. The Labute approximate surface area is 110 Å². The summed E-state index contributed by atoms with van der Waals surface area (Å²) in [4.78, 5) is 3.24. The zero-order valence-electron chi connectivity index (χ0n) is 10.9. The Kier molecular flexibility index (Phi) is 9.63. The van der Waals surface area contributed by atoms with Crippen LogP contribution < -0.4 is 5.14 Å². The second-order valence-electron chi connectivity index (χ2n) is 4.23. The largest absolute Gasteiger partial charge is 0.365 e. The van der Waals surface area contributed by atoms with E-state index in [0.717, 1.165) is 0 Å². The third-order valence-corrected chi connectivity index (χ3v) is 2.46. The van der Waals surface area contributed by atoms with Gasteiger partial charge in [-0.15, -0.1) is 0 Å². The summed E-state index contributed by atoms with van der Waals surface area (Å²) in [5.41, 5.74) is 1.38. The maximum atomic E-state index is 8.97. The number of aromatic nitrogens is 1. The Balaban J connectivity index is 0.000000494. The molecule has 0 atom stereocenters. The minimum Gasteiger partial charge on any atom is -0.365 e. The molecule has 0 aliphatic rings. The van der Waals surface area contributed by atoms with Gasteiger partial charge in [0.05, 0.1) is 0 Å². The van der Waals surface area contributed by atoms with E-state index in [0.29, 0.717) is 0 Å². The van der Waals surface area contributed by atoms with Crippen LogP contribution in [-0.4, -0.2) is 18.0 Å². The van der Waals surface area contributed by atoms with Crippen LogP contribution in [0.5, 0.6) is 0 Å². The third-order valence-electron chi connectivity index (χ3n) is 2.46. The molecule has 18 heavy (non-hydrogen) atoms. The Hall–Kier alpha value is -0.850. The zero-order valence-corrected chi connectivity index (χ0v) is 11.7. The van der Waals surface area contributed by atoms with Crippen LogP contribution in [0.3, 0.4) is 0 Å². The van der Waals surface area contributed by atoms with Gasteiger partial charge in [-0.25, -0.2) is 5.14 Å². The van der Waals surface area contributed by atoms with Crippen molar-refractivity contribution in [1.29, 1.82) is 0 Å². The third kappa shape index (κ3) is 15.1. The molecule has 1 aromatic rings. The quantitative estimate of drug-likeness (QED) is 0.527. The minimum atomic E-state index is -4.17. The van der Waals surface area contributed by atoms with Gasteiger partial charge < -0.3 is 4.98 Å². The van der Waals surface area contributed by atoms with Crippen LogP contribution in [0.25, 0.3) is 0 Å². The highest BCUT2D eigenvalue weighted by Gasteiger charge is 1.93. The van der Waals surface area contributed by atoms with E-state index in [1.54, 1.807) is 0 Å².